The standard InChI is InChI=1S/C11H13N3O4/c15-5-7(16)4-12-6-1-2-9-8(3-6)10(11(17)18)14-13-9/h1-3,7,12,15-16H,4-5H2,(H,13,14)(H,17,18). The van der Waals surface area contributed by atoms with Gasteiger partial charge in [-0.15, -0.1) is 0 Å². The molecule has 0 bridgehead atoms. The summed E-state index contributed by atoms with van der Waals surface area (Å²) in [6, 6.07) is 5.06. The van der Waals surface area contributed by atoms with Crippen molar-refractivity contribution in [1.82, 2.24) is 10.2 Å². The van der Waals surface area contributed by atoms with Crippen LogP contribution in [0.3, 0.4) is 0 Å². The lowest BCUT2D eigenvalue weighted by Crippen LogP contribution is -2.22. The molecule has 0 aliphatic rings. The van der Waals surface area contributed by atoms with Gasteiger partial charge in [-0.3, -0.25) is 5.10 Å². The summed E-state index contributed by atoms with van der Waals surface area (Å²) in [5.41, 5.74) is 1.23. The van der Waals surface area contributed by atoms with E-state index >= 15 is 0 Å². The Balaban J connectivity index is 2.25. The quantitative estimate of drug-likeness (QED) is 0.511. The molecular weight excluding hydrogens is 238 g/mol. The summed E-state index contributed by atoms with van der Waals surface area (Å²) in [6.07, 6.45) is -0.857. The molecule has 0 aliphatic carbocycles. The molecule has 7 heteroatoms. The average molecular weight is 251 g/mol. The Bertz CT molecular complexity index is 566. The number of aliphatic hydroxyl groups is 2. The summed E-state index contributed by atoms with van der Waals surface area (Å²) in [6.45, 7) is -0.149. The van der Waals surface area contributed by atoms with Crippen molar-refractivity contribution < 1.29 is 20.1 Å². The first-order valence-electron chi connectivity index (χ1n) is 5.36. The van der Waals surface area contributed by atoms with E-state index in [2.05, 4.69) is 15.5 Å². The van der Waals surface area contributed by atoms with E-state index in [9.17, 15) is 9.90 Å². The molecule has 0 aliphatic heterocycles. The number of aliphatic hydroxyl groups excluding tert-OH is 2. The maximum absolute atomic E-state index is 10.9. The topological polar surface area (TPSA) is 118 Å². The van der Waals surface area contributed by atoms with Crippen LogP contribution in [0.1, 0.15) is 10.5 Å². The first-order valence-corrected chi connectivity index (χ1v) is 5.36. The van der Waals surface area contributed by atoms with Crippen molar-refractivity contribution in [2.24, 2.45) is 0 Å². The van der Waals surface area contributed by atoms with Gasteiger partial charge in [0.2, 0.25) is 0 Å². The number of nitrogens with zero attached hydrogens (tertiary/aromatic N) is 1. The van der Waals surface area contributed by atoms with Gasteiger partial charge in [-0.05, 0) is 18.2 Å². The zero-order valence-corrected chi connectivity index (χ0v) is 9.42. The van der Waals surface area contributed by atoms with Crippen LogP contribution in [0.5, 0.6) is 0 Å². The minimum Gasteiger partial charge on any atom is -0.476 e. The smallest absolute Gasteiger partial charge is 0.357 e. The minimum atomic E-state index is -1.10. The number of benzene rings is 1. The van der Waals surface area contributed by atoms with Crippen LogP contribution >= 0.6 is 0 Å². The van der Waals surface area contributed by atoms with Crippen molar-refractivity contribution in [3.8, 4) is 0 Å². The SMILES string of the molecule is O=C(O)c1n[nH]c2ccc(NCC(O)CO)cc12. The number of aromatic nitrogens is 2. The molecule has 0 spiro atoms. The molecule has 1 aromatic heterocycles. The second-order valence-corrected chi connectivity index (χ2v) is 3.86. The predicted octanol–water partition coefficient (Wildman–Crippen LogP) is 0.0262. The lowest BCUT2D eigenvalue weighted by Gasteiger charge is -2.10. The number of H-pyrrole nitrogens is 1. The number of aromatic amines is 1. The van der Waals surface area contributed by atoms with Crippen molar-refractivity contribution in [1.29, 1.82) is 0 Å². The summed E-state index contributed by atoms with van der Waals surface area (Å²) in [7, 11) is 0. The van der Waals surface area contributed by atoms with Gasteiger partial charge in [0, 0.05) is 17.6 Å². The first kappa shape index (κ1) is 12.3. The molecule has 7 nitrogen and oxygen atoms in total. The van der Waals surface area contributed by atoms with Crippen LogP contribution in [-0.4, -0.2) is 50.7 Å². The number of hydrogen-bond acceptors (Lipinski definition) is 5. The molecule has 0 amide bonds. The van der Waals surface area contributed by atoms with Gasteiger partial charge in [-0.25, -0.2) is 4.79 Å². The van der Waals surface area contributed by atoms with Gasteiger partial charge in [0.05, 0.1) is 18.2 Å². The van der Waals surface area contributed by atoms with Crippen LogP contribution in [0.25, 0.3) is 10.9 Å². The number of carboxylic acids is 1. The van der Waals surface area contributed by atoms with Crippen molar-refractivity contribution in [2.75, 3.05) is 18.5 Å². The molecule has 96 valence electrons. The average Bonchev–Trinajstić information content (AvgIpc) is 2.78. The Morgan fingerprint density at radius 3 is 2.94 bits per heavy atom. The van der Waals surface area contributed by atoms with Crippen LogP contribution in [-0.2, 0) is 0 Å². The highest BCUT2D eigenvalue weighted by atomic mass is 16.4. The van der Waals surface area contributed by atoms with E-state index in [1.165, 1.54) is 0 Å². The Morgan fingerprint density at radius 1 is 1.50 bits per heavy atom. The second kappa shape index (κ2) is 5.03. The maximum Gasteiger partial charge on any atom is 0.357 e. The fourth-order valence-electron chi connectivity index (χ4n) is 1.59. The van der Waals surface area contributed by atoms with Crippen molar-refractivity contribution in [3.05, 3.63) is 23.9 Å². The maximum atomic E-state index is 10.9. The monoisotopic (exact) mass is 251 g/mol. The first-order chi connectivity index (χ1) is 8.61. The zero-order chi connectivity index (χ0) is 13.1. The third kappa shape index (κ3) is 2.41. The summed E-state index contributed by atoms with van der Waals surface area (Å²) < 4.78 is 0. The number of carbonyl (C=O) groups is 1. The van der Waals surface area contributed by atoms with Gasteiger partial charge < -0.3 is 20.6 Å². The summed E-state index contributed by atoms with van der Waals surface area (Å²) in [4.78, 5) is 10.9. The fraction of sp³-hybridized carbons (Fsp3) is 0.273. The van der Waals surface area contributed by atoms with Crippen molar-refractivity contribution >= 4 is 22.6 Å². The van der Waals surface area contributed by atoms with E-state index < -0.39 is 12.1 Å². The highest BCUT2D eigenvalue weighted by molar-refractivity contribution is 6.01. The molecule has 2 rings (SSSR count). The van der Waals surface area contributed by atoms with Gasteiger partial charge in [-0.2, -0.15) is 5.10 Å². The van der Waals surface area contributed by atoms with Crippen molar-refractivity contribution in [3.63, 3.8) is 0 Å². The van der Waals surface area contributed by atoms with E-state index in [-0.39, 0.29) is 18.8 Å². The Morgan fingerprint density at radius 2 is 2.28 bits per heavy atom. The molecule has 1 heterocycles. The number of fused-ring (bicyclic) bond motifs is 1. The predicted molar refractivity (Wildman–Crippen MR) is 64.6 cm³/mol. The molecule has 0 saturated heterocycles. The van der Waals surface area contributed by atoms with E-state index in [1.54, 1.807) is 18.2 Å². The van der Waals surface area contributed by atoms with E-state index in [4.69, 9.17) is 10.2 Å². The minimum absolute atomic E-state index is 0.0450. The van der Waals surface area contributed by atoms with Crippen LogP contribution in [0.15, 0.2) is 18.2 Å². The molecule has 2 aromatic rings. The van der Waals surface area contributed by atoms with Gasteiger partial charge >= 0.3 is 5.97 Å². The molecule has 0 fully saturated rings. The number of hydrogen-bond donors (Lipinski definition) is 5. The zero-order valence-electron chi connectivity index (χ0n) is 9.42. The van der Waals surface area contributed by atoms with Gasteiger partial charge in [0.1, 0.15) is 0 Å². The Hall–Kier alpha value is -2.12. The van der Waals surface area contributed by atoms with E-state index in [0.717, 1.165) is 0 Å². The van der Waals surface area contributed by atoms with Gasteiger partial charge in [0.15, 0.2) is 5.69 Å². The number of nitrogens with one attached hydrogen (secondary N) is 2. The highest BCUT2D eigenvalue weighted by Gasteiger charge is 2.13. The number of carboxylic acid groups (broad SMARTS) is 1. The van der Waals surface area contributed by atoms with Crippen LogP contribution < -0.4 is 5.32 Å². The molecule has 1 unspecified atom stereocenters. The summed E-state index contributed by atoms with van der Waals surface area (Å²) in [5, 5.41) is 36.6. The largest absolute Gasteiger partial charge is 0.476 e. The molecule has 0 radical (unpaired) electrons. The third-order valence-corrected chi connectivity index (χ3v) is 2.52. The summed E-state index contributed by atoms with van der Waals surface area (Å²) >= 11 is 0. The lowest BCUT2D eigenvalue weighted by molar-refractivity contribution is 0.0692. The van der Waals surface area contributed by atoms with Crippen LogP contribution in [0.4, 0.5) is 5.69 Å². The normalized spacial score (nSPS) is 12.6. The molecule has 5 N–H and O–H groups in total. The van der Waals surface area contributed by atoms with Gasteiger partial charge in [-0.1, -0.05) is 0 Å². The van der Waals surface area contributed by atoms with Crippen LogP contribution in [0.2, 0.25) is 0 Å². The molecular formula is C11H13N3O4. The molecule has 1 aromatic carbocycles. The van der Waals surface area contributed by atoms with E-state index in [0.29, 0.717) is 16.6 Å². The number of aromatic carboxylic acids is 1. The highest BCUT2D eigenvalue weighted by Crippen LogP contribution is 2.20. The van der Waals surface area contributed by atoms with E-state index in [1.807, 2.05) is 0 Å². The Kier molecular flexibility index (Phi) is 3.45. The molecule has 1 atom stereocenters. The van der Waals surface area contributed by atoms with Gasteiger partial charge in [0.25, 0.3) is 0 Å². The number of anilines is 1. The third-order valence-electron chi connectivity index (χ3n) is 2.52. The second-order valence-electron chi connectivity index (χ2n) is 3.86. The Labute approximate surface area is 102 Å². The fourth-order valence-corrected chi connectivity index (χ4v) is 1.59. The van der Waals surface area contributed by atoms with Crippen LogP contribution in [0, 0.1) is 0 Å². The molecule has 0 saturated carbocycles. The lowest BCUT2D eigenvalue weighted by atomic mass is 10.2. The summed E-state index contributed by atoms with van der Waals surface area (Å²) in [5.74, 6) is -1.10. The molecule has 18 heavy (non-hydrogen) atoms. The van der Waals surface area contributed by atoms with Crippen molar-refractivity contribution in [2.45, 2.75) is 6.10 Å². The number of rotatable bonds is 5.